The molecule has 23 heavy (non-hydrogen) atoms. The number of carbonyl (C=O) groups excluding carboxylic acids is 1. The average molecular weight is 332 g/mol. The lowest BCUT2D eigenvalue weighted by atomic mass is 9.85. The van der Waals surface area contributed by atoms with E-state index in [2.05, 4.69) is 37.5 Å². The Morgan fingerprint density at radius 3 is 2.65 bits per heavy atom. The molecule has 4 nitrogen and oxygen atoms in total. The van der Waals surface area contributed by atoms with Crippen molar-refractivity contribution in [3.8, 4) is 0 Å². The summed E-state index contributed by atoms with van der Waals surface area (Å²) in [6.45, 7) is 6.56. The molecule has 1 heterocycles. The van der Waals surface area contributed by atoms with Crippen molar-refractivity contribution in [3.05, 3.63) is 52.2 Å². The Morgan fingerprint density at radius 1 is 1.26 bits per heavy atom. The summed E-state index contributed by atoms with van der Waals surface area (Å²) in [7, 11) is 0. The van der Waals surface area contributed by atoms with Crippen molar-refractivity contribution in [1.82, 2.24) is 5.32 Å². The summed E-state index contributed by atoms with van der Waals surface area (Å²) in [5, 5.41) is 17.4. The molecular weight excluding hydrogens is 308 g/mol. The highest BCUT2D eigenvalue weighted by Crippen LogP contribution is 2.34. The third-order valence-electron chi connectivity index (χ3n) is 3.56. The molecule has 0 aliphatic carbocycles. The normalized spacial score (nSPS) is 12.7. The summed E-state index contributed by atoms with van der Waals surface area (Å²) in [5.74, 6) is -0.0484. The van der Waals surface area contributed by atoms with Crippen molar-refractivity contribution in [1.29, 1.82) is 0 Å². The highest BCUT2D eigenvalue weighted by molar-refractivity contribution is 7.10. The number of hydrogen-bond donors (Lipinski definition) is 3. The van der Waals surface area contributed by atoms with Crippen LogP contribution < -0.4 is 10.6 Å². The van der Waals surface area contributed by atoms with Gasteiger partial charge in [0.1, 0.15) is 0 Å². The summed E-state index contributed by atoms with van der Waals surface area (Å²) < 4.78 is 0. The first-order valence-electron chi connectivity index (χ1n) is 7.66. The van der Waals surface area contributed by atoms with Gasteiger partial charge in [0.25, 0.3) is 0 Å². The molecule has 0 spiro atoms. The smallest absolute Gasteiger partial charge is 0.239 e. The van der Waals surface area contributed by atoms with Crippen molar-refractivity contribution in [2.75, 3.05) is 11.9 Å². The number of amides is 1. The van der Waals surface area contributed by atoms with Gasteiger partial charge in [-0.25, -0.2) is 0 Å². The number of aliphatic hydroxyl groups excluding tert-OH is 1. The number of aliphatic hydroxyl groups is 1. The van der Waals surface area contributed by atoms with E-state index in [1.807, 2.05) is 35.7 Å². The van der Waals surface area contributed by atoms with Gasteiger partial charge in [-0.3, -0.25) is 4.79 Å². The third-order valence-corrected chi connectivity index (χ3v) is 4.50. The maximum Gasteiger partial charge on any atom is 0.239 e. The minimum atomic E-state index is -0.0582. The van der Waals surface area contributed by atoms with Gasteiger partial charge in [-0.2, -0.15) is 0 Å². The van der Waals surface area contributed by atoms with Crippen molar-refractivity contribution in [2.45, 2.75) is 33.4 Å². The number of anilines is 1. The van der Waals surface area contributed by atoms with Gasteiger partial charge in [-0.1, -0.05) is 39.0 Å². The zero-order chi connectivity index (χ0) is 16.9. The van der Waals surface area contributed by atoms with Crippen LogP contribution in [0.2, 0.25) is 0 Å². The van der Waals surface area contributed by atoms with Gasteiger partial charge in [-0.05, 0) is 34.6 Å². The van der Waals surface area contributed by atoms with E-state index in [0.29, 0.717) is 0 Å². The second-order valence-corrected chi connectivity index (χ2v) is 7.57. The highest BCUT2D eigenvalue weighted by Gasteiger charge is 2.28. The van der Waals surface area contributed by atoms with Gasteiger partial charge >= 0.3 is 0 Å². The second kappa shape index (κ2) is 7.62. The van der Waals surface area contributed by atoms with E-state index in [4.69, 9.17) is 5.11 Å². The molecule has 1 aromatic carbocycles. The quantitative estimate of drug-likeness (QED) is 0.758. The molecule has 0 saturated heterocycles. The number of carbonyl (C=O) groups is 1. The Labute approximate surface area is 141 Å². The lowest BCUT2D eigenvalue weighted by molar-refractivity contribution is -0.120. The van der Waals surface area contributed by atoms with E-state index in [0.717, 1.165) is 16.1 Å². The zero-order valence-corrected chi connectivity index (χ0v) is 14.6. The molecule has 1 atom stereocenters. The van der Waals surface area contributed by atoms with E-state index in [-0.39, 0.29) is 30.5 Å². The molecule has 1 unspecified atom stereocenters. The minimum Gasteiger partial charge on any atom is -0.392 e. The lowest BCUT2D eigenvalue weighted by Crippen LogP contribution is -2.39. The molecule has 0 fully saturated rings. The van der Waals surface area contributed by atoms with Gasteiger partial charge in [0, 0.05) is 10.6 Å². The van der Waals surface area contributed by atoms with Gasteiger partial charge in [0.15, 0.2) is 0 Å². The van der Waals surface area contributed by atoms with Crippen LogP contribution >= 0.6 is 11.3 Å². The van der Waals surface area contributed by atoms with Crippen LogP contribution in [0.15, 0.2) is 41.8 Å². The van der Waals surface area contributed by atoms with Crippen LogP contribution in [0.3, 0.4) is 0 Å². The molecule has 2 rings (SSSR count). The second-order valence-electron chi connectivity index (χ2n) is 6.59. The predicted octanol–water partition coefficient (Wildman–Crippen LogP) is 3.56. The van der Waals surface area contributed by atoms with E-state index in [9.17, 15) is 4.79 Å². The predicted molar refractivity (Wildman–Crippen MR) is 95.5 cm³/mol. The summed E-state index contributed by atoms with van der Waals surface area (Å²) >= 11 is 1.66. The number of hydrogen-bond acceptors (Lipinski definition) is 4. The lowest BCUT2D eigenvalue weighted by Gasteiger charge is -2.30. The molecule has 124 valence electrons. The molecule has 1 amide bonds. The Kier molecular flexibility index (Phi) is 5.80. The largest absolute Gasteiger partial charge is 0.392 e. The van der Waals surface area contributed by atoms with Crippen molar-refractivity contribution < 1.29 is 9.90 Å². The highest BCUT2D eigenvalue weighted by atomic mass is 32.1. The van der Waals surface area contributed by atoms with Crippen LogP contribution in [-0.2, 0) is 11.4 Å². The Bertz CT molecular complexity index is 633. The van der Waals surface area contributed by atoms with E-state index >= 15 is 0 Å². The van der Waals surface area contributed by atoms with E-state index in [1.165, 1.54) is 0 Å². The molecule has 3 N–H and O–H groups in total. The van der Waals surface area contributed by atoms with E-state index < -0.39 is 0 Å². The van der Waals surface area contributed by atoms with Crippen LogP contribution in [0, 0.1) is 5.41 Å². The molecule has 0 saturated carbocycles. The first kappa shape index (κ1) is 17.5. The maximum absolute atomic E-state index is 12.3. The number of nitrogens with one attached hydrogen (secondary N) is 2. The fraction of sp³-hybridized carbons (Fsp3) is 0.389. The van der Waals surface area contributed by atoms with Crippen molar-refractivity contribution >= 4 is 22.9 Å². The molecule has 0 bridgehead atoms. The summed E-state index contributed by atoms with van der Waals surface area (Å²) in [4.78, 5) is 13.5. The molecular formula is C18H24N2O2S. The molecule has 2 aromatic rings. The molecule has 5 heteroatoms. The van der Waals surface area contributed by atoms with Crippen LogP contribution in [0.4, 0.5) is 5.69 Å². The topological polar surface area (TPSA) is 61.4 Å². The van der Waals surface area contributed by atoms with Crippen molar-refractivity contribution in [2.24, 2.45) is 5.41 Å². The van der Waals surface area contributed by atoms with Gasteiger partial charge in [0.2, 0.25) is 5.91 Å². The maximum atomic E-state index is 12.3. The first-order chi connectivity index (χ1) is 10.9. The van der Waals surface area contributed by atoms with Crippen LogP contribution in [-0.4, -0.2) is 17.6 Å². The van der Waals surface area contributed by atoms with Crippen LogP contribution in [0.5, 0.6) is 0 Å². The standard InChI is InChI=1S/C18H24N2O2S/c1-18(2,3)17(15-8-5-9-23-15)20-16(22)11-19-14-7-4-6-13(10-14)12-21/h4-10,17,19,21H,11-12H2,1-3H3,(H,20,22). The summed E-state index contributed by atoms with van der Waals surface area (Å²) in [5.41, 5.74) is 1.59. The van der Waals surface area contributed by atoms with Gasteiger partial charge in [-0.15, -0.1) is 11.3 Å². The summed E-state index contributed by atoms with van der Waals surface area (Å²) in [6.07, 6.45) is 0. The van der Waals surface area contributed by atoms with Crippen LogP contribution in [0.25, 0.3) is 0 Å². The molecule has 0 aliphatic rings. The number of benzene rings is 1. The SMILES string of the molecule is CC(C)(C)C(NC(=O)CNc1cccc(CO)c1)c1cccs1. The third kappa shape index (κ3) is 5.08. The van der Waals surface area contributed by atoms with Crippen molar-refractivity contribution in [3.63, 3.8) is 0 Å². The van der Waals surface area contributed by atoms with E-state index in [1.54, 1.807) is 11.3 Å². The Hall–Kier alpha value is -1.85. The van der Waals surface area contributed by atoms with Gasteiger partial charge < -0.3 is 15.7 Å². The fourth-order valence-electron chi connectivity index (χ4n) is 2.34. The molecule has 1 aromatic heterocycles. The monoisotopic (exact) mass is 332 g/mol. The zero-order valence-electron chi connectivity index (χ0n) is 13.8. The number of rotatable bonds is 6. The minimum absolute atomic E-state index is 0.00775. The molecule has 0 radical (unpaired) electrons. The van der Waals surface area contributed by atoms with Gasteiger partial charge in [0.05, 0.1) is 19.2 Å². The number of thiophene rings is 1. The molecule has 0 aliphatic heterocycles. The summed E-state index contributed by atoms with van der Waals surface area (Å²) in [6, 6.07) is 11.5. The fourth-order valence-corrected chi connectivity index (χ4v) is 3.36. The Balaban J connectivity index is 1.97. The first-order valence-corrected chi connectivity index (χ1v) is 8.54. The van der Waals surface area contributed by atoms with Crippen LogP contribution in [0.1, 0.15) is 37.3 Å². The average Bonchev–Trinajstić information content (AvgIpc) is 3.03. The Morgan fingerprint density at radius 2 is 2.04 bits per heavy atom.